The van der Waals surface area contributed by atoms with Gasteiger partial charge in [-0.15, -0.1) is 0 Å². The highest BCUT2D eigenvalue weighted by atomic mass is 28.3. The van der Waals surface area contributed by atoms with E-state index in [9.17, 15) is 0 Å². The third kappa shape index (κ3) is 4.13. The summed E-state index contributed by atoms with van der Waals surface area (Å²) in [6, 6.07) is 45.7. The topological polar surface area (TPSA) is 69.4 Å². The van der Waals surface area contributed by atoms with Crippen LogP contribution in [0.2, 0.25) is 0 Å². The third-order valence-electron chi connectivity index (χ3n) is 8.16. The van der Waals surface area contributed by atoms with E-state index < -0.39 is 8.07 Å². The van der Waals surface area contributed by atoms with Crippen molar-refractivity contribution in [3.8, 4) is 17.2 Å². The lowest BCUT2D eigenvalue weighted by Crippen LogP contribution is -2.76. The van der Waals surface area contributed by atoms with Gasteiger partial charge in [0, 0.05) is 57.1 Å². The van der Waals surface area contributed by atoms with Gasteiger partial charge in [-0.3, -0.25) is 19.5 Å². The number of fused-ring (bicyclic) bond motifs is 3. The normalized spacial score (nSPS) is 11.6. The van der Waals surface area contributed by atoms with Crippen LogP contribution in [-0.2, 0) is 0 Å². The Morgan fingerprint density at radius 3 is 1.55 bits per heavy atom. The van der Waals surface area contributed by atoms with Gasteiger partial charge in [0.2, 0.25) is 14.0 Å². The van der Waals surface area contributed by atoms with Crippen LogP contribution in [0.3, 0.4) is 0 Å². The molecule has 0 saturated heterocycles. The van der Waals surface area contributed by atoms with Crippen molar-refractivity contribution in [1.82, 2.24) is 29.5 Å². The Hall–Kier alpha value is -5.79. The van der Waals surface area contributed by atoms with Gasteiger partial charge in [-0.25, -0.2) is 9.97 Å². The number of hydrogen-bond acceptors (Lipinski definition) is 5. The number of nitrogens with zero attached hydrogens (tertiary/aromatic N) is 6. The zero-order valence-electron chi connectivity index (χ0n) is 23.7. The molecule has 6 nitrogen and oxygen atoms in total. The standard InChI is InChI=1S/C37H26N6Si/c1-3-16-32-29(14-1)30-15-2-4-17-33(30)43(32)37-41-25-21-31(42-37)27-12-11-13-28(26-27)44(34-18-5-8-22-38-34,35-19-6-9-23-39-35)36-20-7-10-24-40-36/h1-26H. The van der Waals surface area contributed by atoms with Crippen LogP contribution in [0.5, 0.6) is 0 Å². The first-order valence-electron chi connectivity index (χ1n) is 14.5. The second-order valence-corrected chi connectivity index (χ2v) is 14.2. The van der Waals surface area contributed by atoms with Crippen LogP contribution in [-0.4, -0.2) is 37.6 Å². The lowest BCUT2D eigenvalue weighted by molar-refractivity contribution is 0.992. The van der Waals surface area contributed by atoms with Crippen molar-refractivity contribution in [2.24, 2.45) is 0 Å². The number of benzene rings is 3. The van der Waals surface area contributed by atoms with Crippen molar-refractivity contribution in [2.75, 3.05) is 0 Å². The van der Waals surface area contributed by atoms with Gasteiger partial charge in [0.15, 0.2) is 0 Å². The molecule has 0 N–H and O–H groups in total. The Balaban J connectivity index is 1.35. The highest BCUT2D eigenvalue weighted by Gasteiger charge is 2.46. The van der Waals surface area contributed by atoms with Crippen LogP contribution in [0.25, 0.3) is 39.0 Å². The van der Waals surface area contributed by atoms with Crippen LogP contribution in [0.15, 0.2) is 158 Å². The van der Waals surface area contributed by atoms with Crippen molar-refractivity contribution >= 4 is 51.0 Å². The molecular weight excluding hydrogens is 557 g/mol. The van der Waals surface area contributed by atoms with Crippen molar-refractivity contribution in [3.05, 3.63) is 158 Å². The third-order valence-corrected chi connectivity index (χ3v) is 12.5. The summed E-state index contributed by atoms with van der Waals surface area (Å²) >= 11 is 0. The molecule has 0 aliphatic carbocycles. The average Bonchev–Trinajstić information content (AvgIpc) is 3.45. The highest BCUT2D eigenvalue weighted by Crippen LogP contribution is 2.31. The van der Waals surface area contributed by atoms with Gasteiger partial charge >= 0.3 is 0 Å². The summed E-state index contributed by atoms with van der Waals surface area (Å²) in [5.41, 5.74) is 3.98. The fraction of sp³-hybridized carbons (Fsp3) is 0. The smallest absolute Gasteiger partial charge is 0.243 e. The molecule has 0 bridgehead atoms. The Morgan fingerprint density at radius 2 is 1.00 bits per heavy atom. The highest BCUT2D eigenvalue weighted by molar-refractivity contribution is 7.18. The molecule has 0 unspecified atom stereocenters. The molecule has 0 fully saturated rings. The average molecular weight is 583 g/mol. The van der Waals surface area contributed by atoms with Crippen molar-refractivity contribution in [2.45, 2.75) is 0 Å². The van der Waals surface area contributed by atoms with Gasteiger partial charge in [-0.05, 0) is 59.8 Å². The number of hydrogen-bond donors (Lipinski definition) is 0. The molecule has 3 aromatic carbocycles. The molecule has 44 heavy (non-hydrogen) atoms. The van der Waals surface area contributed by atoms with Gasteiger partial charge in [-0.1, -0.05) is 78.9 Å². The Kier molecular flexibility index (Phi) is 6.35. The molecule has 208 valence electrons. The Bertz CT molecular complexity index is 2080. The first-order chi connectivity index (χ1) is 21.8. The van der Waals surface area contributed by atoms with Gasteiger partial charge in [0.1, 0.15) is 0 Å². The maximum absolute atomic E-state index is 5.15. The molecule has 0 atom stereocenters. The summed E-state index contributed by atoms with van der Waals surface area (Å²) in [5, 5.41) is 6.41. The van der Waals surface area contributed by atoms with Crippen LogP contribution in [0.4, 0.5) is 0 Å². The summed E-state index contributed by atoms with van der Waals surface area (Å²) in [6.45, 7) is 0. The zero-order valence-corrected chi connectivity index (χ0v) is 24.7. The molecule has 8 rings (SSSR count). The minimum atomic E-state index is -2.99. The zero-order chi connectivity index (χ0) is 29.3. The summed E-state index contributed by atoms with van der Waals surface area (Å²) in [4.78, 5) is 24.7. The number of rotatable bonds is 6. The summed E-state index contributed by atoms with van der Waals surface area (Å²) in [7, 11) is -2.99. The predicted molar refractivity (Wildman–Crippen MR) is 179 cm³/mol. The van der Waals surface area contributed by atoms with E-state index in [4.69, 9.17) is 24.9 Å². The molecule has 7 heteroatoms. The number of aromatic nitrogens is 6. The van der Waals surface area contributed by atoms with E-state index in [1.54, 1.807) is 0 Å². The van der Waals surface area contributed by atoms with Gasteiger partial charge in [0.25, 0.3) is 0 Å². The van der Waals surface area contributed by atoms with Gasteiger partial charge in [-0.2, -0.15) is 0 Å². The predicted octanol–water partition coefficient (Wildman–Crippen LogP) is 4.80. The van der Waals surface area contributed by atoms with Gasteiger partial charge in [0.05, 0.1) is 16.7 Å². The second-order valence-electron chi connectivity index (χ2n) is 10.6. The minimum absolute atomic E-state index is 0.632. The molecule has 5 heterocycles. The molecule has 5 aromatic heterocycles. The summed E-state index contributed by atoms with van der Waals surface area (Å²) in [5.74, 6) is 0.632. The van der Waals surface area contributed by atoms with E-state index in [1.165, 1.54) is 10.8 Å². The number of para-hydroxylation sites is 2. The number of pyridine rings is 3. The molecule has 0 aliphatic heterocycles. The van der Waals surface area contributed by atoms with Crippen LogP contribution in [0.1, 0.15) is 0 Å². The van der Waals surface area contributed by atoms with E-state index in [2.05, 4.69) is 95.6 Å². The molecule has 0 aliphatic rings. The lowest BCUT2D eigenvalue weighted by Gasteiger charge is -2.31. The molecule has 0 radical (unpaired) electrons. The van der Waals surface area contributed by atoms with E-state index in [0.29, 0.717) is 5.95 Å². The molecule has 0 amide bonds. The summed E-state index contributed by atoms with van der Waals surface area (Å²) in [6.07, 6.45) is 7.41. The van der Waals surface area contributed by atoms with Crippen molar-refractivity contribution in [3.63, 3.8) is 0 Å². The van der Waals surface area contributed by atoms with Gasteiger partial charge < -0.3 is 0 Å². The van der Waals surface area contributed by atoms with Crippen LogP contribution < -0.4 is 21.1 Å². The summed E-state index contributed by atoms with van der Waals surface area (Å²) < 4.78 is 2.15. The molecule has 8 aromatic rings. The Morgan fingerprint density at radius 1 is 0.455 bits per heavy atom. The monoisotopic (exact) mass is 582 g/mol. The SMILES string of the molecule is c1ccc([Si](c2cccc(-c3ccnc(-n4c5ccccc5c5ccccc54)n3)c2)(c2ccccn2)c2ccccn2)nc1. The fourth-order valence-electron chi connectivity index (χ4n) is 6.26. The molecule has 0 spiro atoms. The van der Waals surface area contributed by atoms with Crippen LogP contribution in [0, 0.1) is 0 Å². The van der Waals surface area contributed by atoms with Crippen molar-refractivity contribution < 1.29 is 0 Å². The van der Waals surface area contributed by atoms with E-state index in [-0.39, 0.29) is 0 Å². The minimum Gasteiger partial charge on any atom is -0.278 e. The molecular formula is C37H26N6Si. The van der Waals surface area contributed by atoms with E-state index in [0.717, 1.165) is 43.4 Å². The van der Waals surface area contributed by atoms with E-state index in [1.807, 2.05) is 67.3 Å². The quantitative estimate of drug-likeness (QED) is 0.264. The maximum Gasteiger partial charge on any atom is 0.243 e. The Labute approximate surface area is 255 Å². The lowest BCUT2D eigenvalue weighted by atomic mass is 10.1. The molecule has 0 saturated carbocycles. The maximum atomic E-state index is 5.15. The van der Waals surface area contributed by atoms with Crippen molar-refractivity contribution in [1.29, 1.82) is 0 Å². The first-order valence-corrected chi connectivity index (χ1v) is 16.5. The second kappa shape index (κ2) is 10.8. The van der Waals surface area contributed by atoms with E-state index >= 15 is 0 Å². The largest absolute Gasteiger partial charge is 0.278 e. The first kappa shape index (κ1) is 25.9. The fourth-order valence-corrected chi connectivity index (χ4v) is 10.5. The van der Waals surface area contributed by atoms with Crippen LogP contribution >= 0.6 is 0 Å².